The minimum atomic E-state index is 0.171. The Hall–Kier alpha value is -2.59. The first-order chi connectivity index (χ1) is 15.7. The first-order valence-electron chi connectivity index (χ1n) is 12.3. The second-order valence-electron chi connectivity index (χ2n) is 9.20. The maximum atomic E-state index is 13.6. The van der Waals surface area contributed by atoms with Crippen molar-refractivity contribution < 1.29 is 4.79 Å². The summed E-state index contributed by atoms with van der Waals surface area (Å²) >= 11 is 0. The van der Waals surface area contributed by atoms with Gasteiger partial charge in [-0.05, 0) is 62.4 Å². The number of amides is 1. The average molecular weight is 432 g/mol. The average Bonchev–Trinajstić information content (AvgIpc) is 3.15. The summed E-state index contributed by atoms with van der Waals surface area (Å²) in [5.74, 6) is 0.171. The molecule has 4 heteroatoms. The zero-order valence-electron chi connectivity index (χ0n) is 19.7. The molecule has 0 saturated carbocycles. The summed E-state index contributed by atoms with van der Waals surface area (Å²) in [6.45, 7) is 9.11. The number of hydrogen-bond acceptors (Lipinski definition) is 2. The van der Waals surface area contributed by atoms with Crippen LogP contribution in [0.1, 0.15) is 66.2 Å². The van der Waals surface area contributed by atoms with Gasteiger partial charge in [0.25, 0.3) is 5.91 Å². The van der Waals surface area contributed by atoms with Gasteiger partial charge >= 0.3 is 0 Å². The largest absolute Gasteiger partial charge is 0.350 e. The zero-order valence-corrected chi connectivity index (χ0v) is 19.7. The van der Waals surface area contributed by atoms with Crippen LogP contribution in [0.3, 0.4) is 0 Å². The van der Waals surface area contributed by atoms with Gasteiger partial charge < -0.3 is 9.88 Å². The molecule has 0 atom stereocenters. The van der Waals surface area contributed by atoms with E-state index in [0.717, 1.165) is 68.8 Å². The summed E-state index contributed by atoms with van der Waals surface area (Å²) in [5.41, 5.74) is 5.63. The van der Waals surface area contributed by atoms with Crippen LogP contribution < -0.4 is 0 Å². The Labute approximate surface area is 192 Å². The Morgan fingerprint density at radius 3 is 2.41 bits per heavy atom. The van der Waals surface area contributed by atoms with E-state index in [2.05, 4.69) is 77.2 Å². The van der Waals surface area contributed by atoms with E-state index in [1.54, 1.807) is 0 Å². The number of benzene rings is 2. The monoisotopic (exact) mass is 431 g/mol. The number of fused-ring (bicyclic) bond motifs is 1. The summed E-state index contributed by atoms with van der Waals surface area (Å²) in [6.07, 6.45) is 6.63. The lowest BCUT2D eigenvalue weighted by atomic mass is 10.1. The molecule has 32 heavy (non-hydrogen) atoms. The molecule has 1 aliphatic rings. The molecule has 0 bridgehead atoms. The maximum absolute atomic E-state index is 13.6. The van der Waals surface area contributed by atoms with Gasteiger partial charge in [-0.15, -0.1) is 0 Å². The summed E-state index contributed by atoms with van der Waals surface area (Å²) in [7, 11) is 0. The van der Waals surface area contributed by atoms with Crippen molar-refractivity contribution in [3.05, 3.63) is 70.9 Å². The fraction of sp³-hybridized carbons (Fsp3) is 0.464. The zero-order chi connectivity index (χ0) is 22.3. The predicted octanol–water partition coefficient (Wildman–Crippen LogP) is 5.95. The highest BCUT2D eigenvalue weighted by molar-refractivity contribution is 6.01. The van der Waals surface area contributed by atoms with Gasteiger partial charge in [-0.2, -0.15) is 0 Å². The molecular formula is C28H37N3O. The van der Waals surface area contributed by atoms with E-state index in [1.807, 2.05) is 0 Å². The number of nitrogens with zero attached hydrogens (tertiary/aromatic N) is 2. The summed E-state index contributed by atoms with van der Waals surface area (Å²) in [4.78, 5) is 21.8. The number of carbonyl (C=O) groups excluding carboxylic acids is 1. The van der Waals surface area contributed by atoms with E-state index in [4.69, 9.17) is 0 Å². The number of nitrogens with one attached hydrogen (secondary N) is 1. The molecule has 0 radical (unpaired) electrons. The molecule has 0 aliphatic carbocycles. The van der Waals surface area contributed by atoms with Crippen LogP contribution in [-0.2, 0) is 13.0 Å². The van der Waals surface area contributed by atoms with E-state index < -0.39 is 0 Å². The molecule has 1 saturated heterocycles. The van der Waals surface area contributed by atoms with Crippen LogP contribution in [-0.4, -0.2) is 46.9 Å². The Morgan fingerprint density at radius 2 is 1.62 bits per heavy atom. The lowest BCUT2D eigenvalue weighted by Gasteiger charge is -2.25. The molecule has 0 spiro atoms. The molecule has 2 aromatic carbocycles. The van der Waals surface area contributed by atoms with Crippen molar-refractivity contribution in [2.24, 2.45) is 0 Å². The number of hydrogen-bond donors (Lipinski definition) is 1. The third-order valence-electron chi connectivity index (χ3n) is 6.72. The second-order valence-corrected chi connectivity index (χ2v) is 9.20. The highest BCUT2D eigenvalue weighted by Crippen LogP contribution is 2.26. The van der Waals surface area contributed by atoms with Crippen LogP contribution in [0.25, 0.3) is 10.9 Å². The number of carbonyl (C=O) groups is 1. The summed E-state index contributed by atoms with van der Waals surface area (Å²) < 4.78 is 0. The van der Waals surface area contributed by atoms with Gasteiger partial charge in [0, 0.05) is 37.1 Å². The van der Waals surface area contributed by atoms with Crippen molar-refractivity contribution in [3.63, 3.8) is 0 Å². The van der Waals surface area contributed by atoms with Crippen molar-refractivity contribution in [3.8, 4) is 0 Å². The van der Waals surface area contributed by atoms with Crippen molar-refractivity contribution in [2.45, 2.75) is 58.9 Å². The molecule has 170 valence electrons. The van der Waals surface area contributed by atoms with Gasteiger partial charge in [0.15, 0.2) is 0 Å². The third-order valence-corrected chi connectivity index (χ3v) is 6.72. The Bertz CT molecular complexity index is 1020. The van der Waals surface area contributed by atoms with Gasteiger partial charge in [-0.1, -0.05) is 61.7 Å². The highest BCUT2D eigenvalue weighted by Gasteiger charge is 2.22. The second kappa shape index (κ2) is 10.8. The quantitative estimate of drug-likeness (QED) is 0.555. The van der Waals surface area contributed by atoms with Crippen LogP contribution >= 0.6 is 0 Å². The van der Waals surface area contributed by atoms with Crippen molar-refractivity contribution >= 4 is 16.8 Å². The van der Waals surface area contributed by atoms with Gasteiger partial charge in [-0.25, -0.2) is 0 Å². The number of rotatable bonds is 4. The van der Waals surface area contributed by atoms with Crippen molar-refractivity contribution in [1.82, 2.24) is 14.8 Å². The smallest absolute Gasteiger partial charge is 0.270 e. The Balaban J connectivity index is 1.49. The number of aromatic nitrogens is 1. The van der Waals surface area contributed by atoms with Gasteiger partial charge in [0.05, 0.1) is 0 Å². The van der Waals surface area contributed by atoms with E-state index in [-0.39, 0.29) is 5.91 Å². The lowest BCUT2D eigenvalue weighted by Crippen LogP contribution is -2.35. The van der Waals surface area contributed by atoms with E-state index in [9.17, 15) is 4.79 Å². The fourth-order valence-corrected chi connectivity index (χ4v) is 4.97. The van der Waals surface area contributed by atoms with Gasteiger partial charge in [0.1, 0.15) is 5.69 Å². The van der Waals surface area contributed by atoms with Crippen LogP contribution in [0, 0.1) is 6.92 Å². The molecule has 4 nitrogen and oxygen atoms in total. The Kier molecular flexibility index (Phi) is 7.64. The van der Waals surface area contributed by atoms with Crippen molar-refractivity contribution in [1.29, 1.82) is 0 Å². The predicted molar refractivity (Wildman–Crippen MR) is 133 cm³/mol. The molecule has 1 amide bonds. The molecule has 1 aliphatic heterocycles. The number of H-pyrrole nitrogens is 1. The standard InChI is InChI=1S/C28H37N3O/c1-3-24-25-20-22(2)14-15-26(25)29-27(24)28(32)31-18-10-5-4-9-16-30(17-11-19-31)21-23-12-7-6-8-13-23/h6-8,12-15,20,29H,3-5,9-11,16-19,21H2,1-2H3. The molecule has 1 N–H and O–H groups in total. The number of aryl methyl sites for hydroxylation is 2. The minimum Gasteiger partial charge on any atom is -0.350 e. The first kappa shape index (κ1) is 22.6. The third kappa shape index (κ3) is 5.42. The minimum absolute atomic E-state index is 0.171. The van der Waals surface area contributed by atoms with E-state index in [1.165, 1.54) is 35.8 Å². The summed E-state index contributed by atoms with van der Waals surface area (Å²) in [5, 5.41) is 1.20. The molecular weight excluding hydrogens is 394 g/mol. The topological polar surface area (TPSA) is 39.3 Å². The molecule has 1 fully saturated rings. The van der Waals surface area contributed by atoms with Crippen LogP contribution in [0.5, 0.6) is 0 Å². The van der Waals surface area contributed by atoms with Gasteiger partial charge in [-0.3, -0.25) is 9.69 Å². The first-order valence-corrected chi connectivity index (χ1v) is 12.3. The fourth-order valence-electron chi connectivity index (χ4n) is 4.97. The normalized spacial score (nSPS) is 16.8. The number of aromatic amines is 1. The molecule has 4 rings (SSSR count). The van der Waals surface area contributed by atoms with Crippen LogP contribution in [0.4, 0.5) is 0 Å². The van der Waals surface area contributed by atoms with Gasteiger partial charge in [0.2, 0.25) is 0 Å². The Morgan fingerprint density at radius 1 is 0.906 bits per heavy atom. The molecule has 2 heterocycles. The molecule has 3 aromatic rings. The maximum Gasteiger partial charge on any atom is 0.270 e. The highest BCUT2D eigenvalue weighted by atomic mass is 16.2. The lowest BCUT2D eigenvalue weighted by molar-refractivity contribution is 0.0740. The van der Waals surface area contributed by atoms with E-state index in [0.29, 0.717) is 0 Å². The summed E-state index contributed by atoms with van der Waals surface area (Å²) in [6, 6.07) is 17.2. The van der Waals surface area contributed by atoms with Crippen molar-refractivity contribution in [2.75, 3.05) is 26.2 Å². The molecule has 1 aromatic heterocycles. The molecule has 0 unspecified atom stereocenters. The van der Waals surface area contributed by atoms with Crippen LogP contribution in [0.2, 0.25) is 0 Å². The van der Waals surface area contributed by atoms with Crippen LogP contribution in [0.15, 0.2) is 48.5 Å². The SMILES string of the molecule is CCc1c(C(=O)N2CCCCCCN(Cc3ccccc3)CCC2)[nH]c2ccc(C)cc12. The van der Waals surface area contributed by atoms with E-state index >= 15 is 0 Å².